The normalized spacial score (nSPS) is 10.0. The number of aromatic carboxylic acids is 2. The Morgan fingerprint density at radius 1 is 0.955 bits per heavy atom. The Morgan fingerprint density at radius 2 is 1.55 bits per heavy atom. The van der Waals surface area contributed by atoms with E-state index in [-0.39, 0.29) is 17.0 Å². The molecule has 22 heavy (non-hydrogen) atoms. The molecule has 7 nitrogen and oxygen atoms in total. The molecule has 0 saturated carbocycles. The lowest BCUT2D eigenvalue weighted by atomic mass is 10.0. The number of hydrogen-bond acceptors (Lipinski definition) is 4. The van der Waals surface area contributed by atoms with Gasteiger partial charge in [-0.15, -0.1) is 0 Å². The molecule has 0 aliphatic rings. The molecule has 0 aliphatic heterocycles. The van der Waals surface area contributed by atoms with Gasteiger partial charge in [0.2, 0.25) is 5.91 Å². The average molecular weight is 300 g/mol. The van der Waals surface area contributed by atoms with Crippen LogP contribution in [-0.2, 0) is 4.79 Å². The number of benzene rings is 1. The second-order valence-electron chi connectivity index (χ2n) is 4.52. The van der Waals surface area contributed by atoms with E-state index in [1.165, 1.54) is 25.3 Å². The number of rotatable bonds is 4. The Morgan fingerprint density at radius 3 is 1.95 bits per heavy atom. The van der Waals surface area contributed by atoms with Gasteiger partial charge in [-0.05, 0) is 35.9 Å². The van der Waals surface area contributed by atoms with Gasteiger partial charge in [0.1, 0.15) is 5.82 Å². The van der Waals surface area contributed by atoms with E-state index in [2.05, 4.69) is 10.3 Å². The van der Waals surface area contributed by atoms with E-state index in [0.29, 0.717) is 16.9 Å². The number of anilines is 1. The topological polar surface area (TPSA) is 117 Å². The van der Waals surface area contributed by atoms with Crippen LogP contribution in [0.5, 0.6) is 0 Å². The third-order valence-corrected chi connectivity index (χ3v) is 2.83. The highest BCUT2D eigenvalue weighted by Gasteiger charge is 2.12. The fourth-order valence-corrected chi connectivity index (χ4v) is 1.86. The first-order chi connectivity index (χ1) is 10.4. The van der Waals surface area contributed by atoms with Crippen LogP contribution in [0.1, 0.15) is 27.6 Å². The first-order valence-electron chi connectivity index (χ1n) is 6.22. The molecule has 0 unspecified atom stereocenters. The van der Waals surface area contributed by atoms with Gasteiger partial charge in [-0.1, -0.05) is 0 Å². The molecule has 2 rings (SSSR count). The third-order valence-electron chi connectivity index (χ3n) is 2.83. The van der Waals surface area contributed by atoms with E-state index < -0.39 is 11.9 Å². The summed E-state index contributed by atoms with van der Waals surface area (Å²) < 4.78 is 0. The van der Waals surface area contributed by atoms with Crippen molar-refractivity contribution < 1.29 is 24.6 Å². The van der Waals surface area contributed by atoms with E-state index >= 15 is 0 Å². The minimum absolute atomic E-state index is 0.124. The van der Waals surface area contributed by atoms with Gasteiger partial charge in [-0.2, -0.15) is 0 Å². The highest BCUT2D eigenvalue weighted by Crippen LogP contribution is 2.23. The van der Waals surface area contributed by atoms with Crippen LogP contribution in [-0.4, -0.2) is 33.0 Å². The number of carbonyl (C=O) groups excluding carboxylic acids is 1. The molecule has 112 valence electrons. The highest BCUT2D eigenvalue weighted by molar-refractivity contribution is 5.96. The predicted octanol–water partition coefficient (Wildman–Crippen LogP) is 2.10. The Kier molecular flexibility index (Phi) is 4.17. The van der Waals surface area contributed by atoms with Crippen LogP contribution in [0.25, 0.3) is 11.1 Å². The number of carboxylic acids is 2. The number of carbonyl (C=O) groups is 3. The smallest absolute Gasteiger partial charge is 0.335 e. The second kappa shape index (κ2) is 6.04. The zero-order valence-corrected chi connectivity index (χ0v) is 11.5. The van der Waals surface area contributed by atoms with E-state index in [0.717, 1.165) is 6.07 Å². The SMILES string of the molecule is CC(=O)Nc1ccc(-c2cc(C(=O)O)cc(C(=O)O)c2)cn1. The molecular weight excluding hydrogens is 288 g/mol. The van der Waals surface area contributed by atoms with Crippen LogP contribution in [0.2, 0.25) is 0 Å². The number of nitrogens with zero attached hydrogens (tertiary/aromatic N) is 1. The molecule has 0 fully saturated rings. The maximum atomic E-state index is 11.1. The lowest BCUT2D eigenvalue weighted by Gasteiger charge is -2.07. The molecule has 3 N–H and O–H groups in total. The summed E-state index contributed by atoms with van der Waals surface area (Å²) in [7, 11) is 0. The monoisotopic (exact) mass is 300 g/mol. The van der Waals surface area contributed by atoms with Crippen molar-refractivity contribution in [1.82, 2.24) is 4.98 Å². The van der Waals surface area contributed by atoms with Gasteiger partial charge in [0, 0.05) is 18.7 Å². The van der Waals surface area contributed by atoms with Crippen molar-refractivity contribution in [3.05, 3.63) is 47.7 Å². The summed E-state index contributed by atoms with van der Waals surface area (Å²) in [6.07, 6.45) is 1.43. The number of hydrogen-bond donors (Lipinski definition) is 3. The van der Waals surface area contributed by atoms with Crippen molar-refractivity contribution in [3.63, 3.8) is 0 Å². The summed E-state index contributed by atoms with van der Waals surface area (Å²) in [4.78, 5) is 37.1. The highest BCUT2D eigenvalue weighted by atomic mass is 16.4. The van der Waals surface area contributed by atoms with E-state index in [4.69, 9.17) is 10.2 Å². The zero-order chi connectivity index (χ0) is 16.3. The number of pyridine rings is 1. The Labute approximate surface area is 125 Å². The maximum absolute atomic E-state index is 11.1. The van der Waals surface area contributed by atoms with Gasteiger partial charge < -0.3 is 15.5 Å². The van der Waals surface area contributed by atoms with Crippen molar-refractivity contribution in [2.45, 2.75) is 6.92 Å². The minimum Gasteiger partial charge on any atom is -0.478 e. The summed E-state index contributed by atoms with van der Waals surface area (Å²) in [5.41, 5.74) is 0.709. The molecule has 0 radical (unpaired) electrons. The van der Waals surface area contributed by atoms with Gasteiger partial charge in [0.05, 0.1) is 11.1 Å². The van der Waals surface area contributed by atoms with Gasteiger partial charge in [-0.3, -0.25) is 4.79 Å². The van der Waals surface area contributed by atoms with Crippen LogP contribution < -0.4 is 5.32 Å². The Balaban J connectivity index is 2.44. The molecular formula is C15H12N2O5. The van der Waals surface area contributed by atoms with Gasteiger partial charge in [0.15, 0.2) is 0 Å². The Bertz CT molecular complexity index is 721. The maximum Gasteiger partial charge on any atom is 0.335 e. The molecule has 0 bridgehead atoms. The lowest BCUT2D eigenvalue weighted by Crippen LogP contribution is -2.07. The fourth-order valence-electron chi connectivity index (χ4n) is 1.86. The summed E-state index contributed by atoms with van der Waals surface area (Å²) in [5, 5.41) is 20.6. The first-order valence-corrected chi connectivity index (χ1v) is 6.22. The summed E-state index contributed by atoms with van der Waals surface area (Å²) in [5.74, 6) is -2.34. The van der Waals surface area contributed by atoms with E-state index in [1.54, 1.807) is 12.1 Å². The largest absolute Gasteiger partial charge is 0.478 e. The van der Waals surface area contributed by atoms with Crippen molar-refractivity contribution in [3.8, 4) is 11.1 Å². The van der Waals surface area contributed by atoms with E-state index in [9.17, 15) is 14.4 Å². The summed E-state index contributed by atoms with van der Waals surface area (Å²) in [6, 6.07) is 6.98. The molecule has 0 spiro atoms. The Hall–Kier alpha value is -3.22. The van der Waals surface area contributed by atoms with Crippen molar-refractivity contribution >= 4 is 23.7 Å². The minimum atomic E-state index is -1.22. The van der Waals surface area contributed by atoms with Crippen LogP contribution >= 0.6 is 0 Å². The second-order valence-corrected chi connectivity index (χ2v) is 4.52. The standard InChI is InChI=1S/C15H12N2O5/c1-8(18)17-13-3-2-9(7-16-13)10-4-11(14(19)20)6-12(5-10)15(21)22/h2-7H,1H3,(H,19,20)(H,21,22)(H,16,17,18). The lowest BCUT2D eigenvalue weighted by molar-refractivity contribution is -0.114. The molecule has 1 aromatic heterocycles. The number of carboxylic acid groups (broad SMARTS) is 2. The molecule has 0 saturated heterocycles. The van der Waals surface area contributed by atoms with Crippen molar-refractivity contribution in [2.75, 3.05) is 5.32 Å². The number of amides is 1. The van der Waals surface area contributed by atoms with Gasteiger partial charge >= 0.3 is 11.9 Å². The van der Waals surface area contributed by atoms with Gasteiger partial charge in [0.25, 0.3) is 0 Å². The third kappa shape index (κ3) is 3.45. The average Bonchev–Trinajstić information content (AvgIpc) is 2.46. The molecule has 0 atom stereocenters. The zero-order valence-electron chi connectivity index (χ0n) is 11.5. The molecule has 7 heteroatoms. The quantitative estimate of drug-likeness (QED) is 0.796. The molecule has 1 aromatic carbocycles. The van der Waals surface area contributed by atoms with E-state index in [1.807, 2.05) is 0 Å². The molecule has 1 heterocycles. The van der Waals surface area contributed by atoms with Crippen LogP contribution in [0.3, 0.4) is 0 Å². The first kappa shape index (κ1) is 15.2. The van der Waals surface area contributed by atoms with Crippen LogP contribution in [0.4, 0.5) is 5.82 Å². The van der Waals surface area contributed by atoms with Gasteiger partial charge in [-0.25, -0.2) is 14.6 Å². The summed E-state index contributed by atoms with van der Waals surface area (Å²) in [6.45, 7) is 1.35. The fraction of sp³-hybridized carbons (Fsp3) is 0.0667. The number of nitrogens with one attached hydrogen (secondary N) is 1. The van der Waals surface area contributed by atoms with Crippen molar-refractivity contribution in [2.24, 2.45) is 0 Å². The molecule has 0 aliphatic carbocycles. The molecule has 1 amide bonds. The van der Waals surface area contributed by atoms with Crippen molar-refractivity contribution in [1.29, 1.82) is 0 Å². The number of aromatic nitrogens is 1. The predicted molar refractivity (Wildman–Crippen MR) is 77.9 cm³/mol. The summed E-state index contributed by atoms with van der Waals surface area (Å²) >= 11 is 0. The molecule has 2 aromatic rings. The van der Waals surface area contributed by atoms with Crippen LogP contribution in [0, 0.1) is 0 Å². The van der Waals surface area contributed by atoms with Crippen LogP contribution in [0.15, 0.2) is 36.5 Å².